The fraction of sp³-hybridized carbons (Fsp3) is 0.250. The average molecular weight is 566 g/mol. The van der Waals surface area contributed by atoms with Gasteiger partial charge in [0.05, 0.1) is 25.8 Å². The van der Waals surface area contributed by atoms with Crippen molar-refractivity contribution < 1.29 is 14.3 Å². The van der Waals surface area contributed by atoms with Crippen molar-refractivity contribution in [2.75, 3.05) is 51.2 Å². The van der Waals surface area contributed by atoms with E-state index < -0.39 is 0 Å². The number of methoxy groups -OCH3 is 2. The van der Waals surface area contributed by atoms with Crippen LogP contribution in [0.3, 0.4) is 0 Å². The number of pyridine rings is 1. The molecule has 0 saturated heterocycles. The van der Waals surface area contributed by atoms with Crippen molar-refractivity contribution in [1.29, 1.82) is 0 Å². The molecule has 2 aromatic heterocycles. The van der Waals surface area contributed by atoms with Gasteiger partial charge in [0, 0.05) is 57.3 Å². The molecule has 1 aliphatic rings. The summed E-state index contributed by atoms with van der Waals surface area (Å²) in [5.74, 6) is 1.86. The lowest BCUT2D eigenvalue weighted by molar-refractivity contribution is 0.104. The summed E-state index contributed by atoms with van der Waals surface area (Å²) in [7, 11) is 6.99. The number of nitrogens with two attached hydrogens (primary N) is 2. The minimum atomic E-state index is -0.216. The summed E-state index contributed by atoms with van der Waals surface area (Å²) in [6.45, 7) is 0.748. The number of fused-ring (bicyclic) bond motifs is 1. The van der Waals surface area contributed by atoms with E-state index in [-0.39, 0.29) is 23.6 Å². The Morgan fingerprint density at radius 2 is 1.88 bits per heavy atom. The molecule has 0 amide bonds. The molecule has 42 heavy (non-hydrogen) atoms. The maximum atomic E-state index is 13.7. The zero-order chi connectivity index (χ0) is 29.8. The van der Waals surface area contributed by atoms with Gasteiger partial charge in [-0.3, -0.25) is 4.79 Å². The van der Waals surface area contributed by atoms with Crippen LogP contribution < -0.4 is 25.8 Å². The van der Waals surface area contributed by atoms with Gasteiger partial charge in [-0.15, -0.1) is 0 Å². The number of ether oxygens (including phenoxy) is 2. The lowest BCUT2D eigenvalue weighted by atomic mass is 9.89. The molecule has 4 N–H and O–H groups in total. The zero-order valence-corrected chi connectivity index (χ0v) is 24.2. The predicted octanol–water partition coefficient (Wildman–Crippen LogP) is 4.05. The average Bonchev–Trinajstić information content (AvgIpc) is 3.00. The number of allylic oxidation sites excluding steroid dienone is 1. The fourth-order valence-corrected chi connectivity index (χ4v) is 5.29. The third kappa shape index (κ3) is 5.83. The van der Waals surface area contributed by atoms with Crippen LogP contribution in [0.25, 0.3) is 0 Å². The van der Waals surface area contributed by atoms with E-state index in [0.717, 1.165) is 29.9 Å². The molecule has 0 spiro atoms. The Hall–Kier alpha value is -5.12. The molecule has 10 heteroatoms. The van der Waals surface area contributed by atoms with E-state index in [1.165, 1.54) is 25.3 Å². The first-order valence-corrected chi connectivity index (χ1v) is 13.6. The van der Waals surface area contributed by atoms with Gasteiger partial charge in [0.25, 0.3) is 0 Å². The number of ketones is 1. The monoisotopic (exact) mass is 565 g/mol. The fourth-order valence-electron chi connectivity index (χ4n) is 5.29. The minimum Gasteiger partial charge on any atom is -0.493 e. The second-order valence-electron chi connectivity index (χ2n) is 10.3. The van der Waals surface area contributed by atoms with Gasteiger partial charge in [0.1, 0.15) is 11.6 Å². The quantitative estimate of drug-likeness (QED) is 0.226. The molecule has 0 bridgehead atoms. The highest BCUT2D eigenvalue weighted by atomic mass is 16.5. The van der Waals surface area contributed by atoms with Gasteiger partial charge >= 0.3 is 0 Å². The second-order valence-corrected chi connectivity index (χ2v) is 10.3. The molecule has 0 aliphatic carbocycles. The third-order valence-electron chi connectivity index (χ3n) is 7.40. The molecule has 1 atom stereocenters. The van der Waals surface area contributed by atoms with Crippen molar-refractivity contribution in [2.24, 2.45) is 0 Å². The van der Waals surface area contributed by atoms with Gasteiger partial charge in [0.15, 0.2) is 17.3 Å². The van der Waals surface area contributed by atoms with E-state index in [2.05, 4.69) is 44.1 Å². The van der Waals surface area contributed by atoms with Crippen LogP contribution in [0.1, 0.15) is 44.2 Å². The number of nitrogens with zero attached hydrogens (tertiary/aromatic N) is 5. The molecule has 1 aliphatic heterocycles. The van der Waals surface area contributed by atoms with E-state index in [9.17, 15) is 4.79 Å². The molecule has 0 fully saturated rings. The van der Waals surface area contributed by atoms with E-state index in [0.29, 0.717) is 29.0 Å². The Morgan fingerprint density at radius 3 is 2.57 bits per heavy atom. The van der Waals surface area contributed by atoms with Gasteiger partial charge in [-0.25, -0.2) is 9.97 Å². The number of benzene rings is 2. The third-order valence-corrected chi connectivity index (χ3v) is 7.40. The lowest BCUT2D eigenvalue weighted by Gasteiger charge is -2.37. The number of hydrogen-bond donors (Lipinski definition) is 2. The highest BCUT2D eigenvalue weighted by Gasteiger charge is 2.27. The van der Waals surface area contributed by atoms with Crippen molar-refractivity contribution in [3.63, 3.8) is 0 Å². The molecule has 0 radical (unpaired) electrons. The smallest absolute Gasteiger partial charge is 0.221 e. The molecule has 5 rings (SSSR count). The number of anilines is 3. The summed E-state index contributed by atoms with van der Waals surface area (Å²) in [4.78, 5) is 30.6. The number of carbonyl (C=O) groups excluding carboxylic acids is 1. The summed E-state index contributed by atoms with van der Waals surface area (Å²) in [6, 6.07) is 16.1. The Morgan fingerprint density at radius 1 is 1.07 bits per heavy atom. The van der Waals surface area contributed by atoms with Crippen LogP contribution in [0.5, 0.6) is 11.5 Å². The highest BCUT2D eigenvalue weighted by molar-refractivity contribution is 6.07. The first kappa shape index (κ1) is 28.4. The van der Waals surface area contributed by atoms with Crippen molar-refractivity contribution >= 4 is 23.4 Å². The van der Waals surface area contributed by atoms with E-state index in [4.69, 9.17) is 20.9 Å². The van der Waals surface area contributed by atoms with Crippen LogP contribution in [0, 0.1) is 0 Å². The molecular weight excluding hydrogens is 530 g/mol. The van der Waals surface area contributed by atoms with Gasteiger partial charge in [-0.05, 0) is 46.9 Å². The van der Waals surface area contributed by atoms with Crippen LogP contribution in [0.15, 0.2) is 73.2 Å². The zero-order valence-electron chi connectivity index (χ0n) is 24.2. The molecule has 0 saturated carbocycles. The molecule has 216 valence electrons. The number of nitrogen functional groups attached to an aromatic ring is 2. The Balaban J connectivity index is 1.48. The molecule has 10 nitrogen and oxygen atoms in total. The number of hydrogen-bond acceptors (Lipinski definition) is 10. The Bertz CT molecular complexity index is 1620. The summed E-state index contributed by atoms with van der Waals surface area (Å²) in [5, 5.41) is 0. The summed E-state index contributed by atoms with van der Waals surface area (Å²) in [6.07, 6.45) is 8.21. The van der Waals surface area contributed by atoms with Gasteiger partial charge in [0.2, 0.25) is 5.95 Å². The minimum absolute atomic E-state index is 0.0843. The van der Waals surface area contributed by atoms with Gasteiger partial charge in [-0.1, -0.05) is 30.3 Å². The van der Waals surface area contributed by atoms with Gasteiger partial charge in [-0.2, -0.15) is 4.98 Å². The SMILES string of the molecule is COc1cc(Cc2cnc(N)nc2N)cc(C(=O)/C=C/N2CCc3ccccc3C2c2ccc(N(C)C)nc2)c1OC. The molecular formula is C32H35N7O3. The summed E-state index contributed by atoms with van der Waals surface area (Å²) in [5.41, 5.74) is 17.1. The lowest BCUT2D eigenvalue weighted by Crippen LogP contribution is -2.32. The maximum Gasteiger partial charge on any atom is 0.221 e. The highest BCUT2D eigenvalue weighted by Crippen LogP contribution is 2.37. The van der Waals surface area contributed by atoms with Crippen molar-refractivity contribution in [1.82, 2.24) is 19.9 Å². The molecule has 3 heterocycles. The summed E-state index contributed by atoms with van der Waals surface area (Å²) < 4.78 is 11.2. The van der Waals surface area contributed by atoms with Crippen LogP contribution in [-0.2, 0) is 12.8 Å². The second kappa shape index (κ2) is 12.2. The predicted molar refractivity (Wildman–Crippen MR) is 164 cm³/mol. The Kier molecular flexibility index (Phi) is 8.24. The van der Waals surface area contributed by atoms with Gasteiger partial charge < -0.3 is 30.7 Å². The first-order chi connectivity index (χ1) is 20.3. The molecule has 4 aromatic rings. The molecule has 2 aromatic carbocycles. The van der Waals surface area contributed by atoms with E-state index in [1.807, 2.05) is 49.6 Å². The standard InChI is InChI=1S/C32H35N7O3/c1-38(2)28-10-9-22(18-35-28)29-24-8-6-5-7-21(24)11-13-39(29)14-12-26(40)25-16-20(17-27(41-3)30(25)42-4)15-23-19-36-32(34)37-31(23)33/h5-10,12,14,16-19,29H,11,13,15H2,1-4H3,(H4,33,34,36,37)/b14-12+. The number of aromatic nitrogens is 3. The maximum absolute atomic E-state index is 13.7. The first-order valence-electron chi connectivity index (χ1n) is 13.6. The summed E-state index contributed by atoms with van der Waals surface area (Å²) >= 11 is 0. The van der Waals surface area contributed by atoms with E-state index >= 15 is 0 Å². The van der Waals surface area contributed by atoms with Crippen molar-refractivity contribution in [2.45, 2.75) is 18.9 Å². The topological polar surface area (TPSA) is 133 Å². The van der Waals surface area contributed by atoms with Crippen molar-refractivity contribution in [3.8, 4) is 11.5 Å². The number of rotatable bonds is 9. The largest absolute Gasteiger partial charge is 0.493 e. The van der Waals surface area contributed by atoms with Crippen LogP contribution in [0.4, 0.5) is 17.6 Å². The normalized spacial score (nSPS) is 14.5. The van der Waals surface area contributed by atoms with Crippen LogP contribution in [-0.4, -0.2) is 60.5 Å². The van der Waals surface area contributed by atoms with Crippen LogP contribution >= 0.6 is 0 Å². The van der Waals surface area contributed by atoms with Crippen LogP contribution in [0.2, 0.25) is 0 Å². The molecule has 1 unspecified atom stereocenters. The van der Waals surface area contributed by atoms with Crippen molar-refractivity contribution in [3.05, 3.63) is 107 Å². The Labute approximate surface area is 245 Å². The van der Waals surface area contributed by atoms with E-state index in [1.54, 1.807) is 18.3 Å². The number of carbonyl (C=O) groups is 1.